The zero-order valence-electron chi connectivity index (χ0n) is 20.8. The molecule has 0 saturated carbocycles. The molecule has 0 fully saturated rings. The second-order valence-electron chi connectivity index (χ2n) is 8.95. The van der Waals surface area contributed by atoms with Crippen LogP contribution in [0.1, 0.15) is 16.2 Å². The molecule has 4 heteroatoms. The van der Waals surface area contributed by atoms with Gasteiger partial charge in [-0.15, -0.1) is 0 Å². The summed E-state index contributed by atoms with van der Waals surface area (Å²) in [6, 6.07) is 48.3. The molecule has 0 saturated heterocycles. The molecule has 37 heavy (non-hydrogen) atoms. The van der Waals surface area contributed by atoms with Crippen LogP contribution in [0.5, 0.6) is 11.5 Å². The fourth-order valence-corrected chi connectivity index (χ4v) is 11.0. The zero-order valence-corrected chi connectivity index (χ0v) is 22.5. The molecular formula is C33H30ClO2P. The first-order valence-electron chi connectivity index (χ1n) is 12.4. The number of alkyl halides is 1. The Morgan fingerprint density at radius 2 is 1.05 bits per heavy atom. The van der Waals surface area contributed by atoms with Gasteiger partial charge in [0.1, 0.15) is 0 Å². The summed E-state index contributed by atoms with van der Waals surface area (Å²) in [5, 5.41) is 3.49. The average Bonchev–Trinajstić information content (AvgIpc) is 2.98. The van der Waals surface area contributed by atoms with Crippen molar-refractivity contribution >= 4 is 34.8 Å². The monoisotopic (exact) mass is 524 g/mol. The van der Waals surface area contributed by atoms with Crippen molar-refractivity contribution in [1.29, 1.82) is 0 Å². The number of hydrogen-bond donors (Lipinski definition) is 0. The van der Waals surface area contributed by atoms with Gasteiger partial charge in [-0.1, -0.05) is 0 Å². The molecule has 0 spiro atoms. The van der Waals surface area contributed by atoms with Crippen molar-refractivity contribution in [2.75, 3.05) is 7.11 Å². The molecule has 2 nitrogen and oxygen atoms in total. The van der Waals surface area contributed by atoms with Gasteiger partial charge >= 0.3 is 225 Å². The van der Waals surface area contributed by atoms with Gasteiger partial charge in [-0.25, -0.2) is 0 Å². The van der Waals surface area contributed by atoms with E-state index in [2.05, 4.69) is 109 Å². The van der Waals surface area contributed by atoms with Gasteiger partial charge in [0.05, 0.1) is 0 Å². The Balaban J connectivity index is 1.62. The first kappa shape index (κ1) is 25.1. The second-order valence-corrected chi connectivity index (χ2v) is 13.7. The second kappa shape index (κ2) is 11.6. The molecule has 0 heterocycles. The van der Waals surface area contributed by atoms with E-state index in [9.17, 15) is 0 Å². The topological polar surface area (TPSA) is 18.5 Å². The van der Waals surface area contributed by atoms with Gasteiger partial charge in [0.25, 0.3) is 0 Å². The third-order valence-electron chi connectivity index (χ3n) is 6.79. The Hall–Kier alpha value is -3.58. The molecule has 0 bridgehead atoms. The van der Waals surface area contributed by atoms with E-state index in [4.69, 9.17) is 21.1 Å². The third kappa shape index (κ3) is 5.14. The molecule has 1 atom stereocenters. The van der Waals surface area contributed by atoms with E-state index >= 15 is 0 Å². The van der Waals surface area contributed by atoms with Crippen molar-refractivity contribution in [1.82, 2.24) is 0 Å². The van der Waals surface area contributed by atoms with Crippen LogP contribution >= 0.6 is 18.9 Å². The van der Waals surface area contributed by atoms with E-state index in [1.807, 2.05) is 30.3 Å². The SMILES string of the molecule is COc1cc(C(Cl)[PH](c2ccccc2)(c2ccccc2)c2ccccc2)ccc1OCc1ccccc1. The van der Waals surface area contributed by atoms with Crippen molar-refractivity contribution in [2.24, 2.45) is 0 Å². The predicted molar refractivity (Wildman–Crippen MR) is 159 cm³/mol. The Bertz CT molecular complexity index is 1310. The van der Waals surface area contributed by atoms with Crippen molar-refractivity contribution < 1.29 is 9.47 Å². The number of rotatable bonds is 9. The summed E-state index contributed by atoms with van der Waals surface area (Å²) in [7, 11) is -1.05. The fraction of sp³-hybridized carbons (Fsp3) is 0.0909. The van der Waals surface area contributed by atoms with Gasteiger partial charge < -0.3 is 0 Å². The van der Waals surface area contributed by atoms with E-state index in [0.717, 1.165) is 11.1 Å². The molecule has 0 aliphatic carbocycles. The van der Waals surface area contributed by atoms with Crippen molar-refractivity contribution in [3.05, 3.63) is 151 Å². The maximum atomic E-state index is 7.65. The van der Waals surface area contributed by atoms with Crippen LogP contribution in [0, 0.1) is 0 Å². The van der Waals surface area contributed by atoms with Crippen LogP contribution in [-0.2, 0) is 6.61 Å². The molecule has 0 N–H and O–H groups in total. The van der Waals surface area contributed by atoms with Crippen LogP contribution in [0.2, 0.25) is 0 Å². The molecule has 186 valence electrons. The average molecular weight is 525 g/mol. The molecule has 5 rings (SSSR count). The molecule has 5 aromatic rings. The standard InChI is InChI=1S/C33H30ClO2P/c1-35-32-24-27(22-23-31(32)36-25-26-14-6-2-7-15-26)33(34)37(28-16-8-3-9-17-28,29-18-10-4-11-19-29)30-20-12-5-13-21-30/h2-24,33,37H,25H2,1H3. The van der Waals surface area contributed by atoms with Crippen molar-refractivity contribution in [3.63, 3.8) is 0 Å². The van der Waals surface area contributed by atoms with Gasteiger partial charge in [-0.2, -0.15) is 0 Å². The van der Waals surface area contributed by atoms with Crippen LogP contribution in [0.25, 0.3) is 0 Å². The quantitative estimate of drug-likeness (QED) is 0.149. The Morgan fingerprint density at radius 1 is 0.595 bits per heavy atom. The molecule has 0 aliphatic rings. The molecule has 0 radical (unpaired) electrons. The van der Waals surface area contributed by atoms with E-state index in [0.29, 0.717) is 18.1 Å². The third-order valence-corrected chi connectivity index (χ3v) is 12.8. The van der Waals surface area contributed by atoms with Crippen LogP contribution in [0.15, 0.2) is 140 Å². The number of methoxy groups -OCH3 is 1. The van der Waals surface area contributed by atoms with Crippen molar-refractivity contribution in [3.8, 4) is 11.5 Å². The summed E-state index contributed by atoms with van der Waals surface area (Å²) >= 11 is 7.65. The van der Waals surface area contributed by atoms with Crippen molar-refractivity contribution in [2.45, 2.75) is 11.7 Å². The Kier molecular flexibility index (Phi) is 7.90. The number of benzene rings is 5. The molecule has 1 unspecified atom stereocenters. The van der Waals surface area contributed by atoms with E-state index in [-0.39, 0.29) is 5.12 Å². The predicted octanol–water partition coefficient (Wildman–Crippen LogP) is 7.24. The summed E-state index contributed by atoms with van der Waals surface area (Å²) in [5.74, 6) is 1.38. The first-order valence-corrected chi connectivity index (χ1v) is 14.9. The number of halogens is 1. The summed E-state index contributed by atoms with van der Waals surface area (Å²) in [6.45, 7) is 0.470. The Morgan fingerprint density at radius 3 is 1.51 bits per heavy atom. The summed E-state index contributed by atoms with van der Waals surface area (Å²) in [5.41, 5.74) is 2.11. The van der Waals surface area contributed by atoms with Crippen LogP contribution in [-0.4, -0.2) is 7.11 Å². The minimum atomic E-state index is -2.72. The number of hydrogen-bond acceptors (Lipinski definition) is 2. The van der Waals surface area contributed by atoms with E-state index < -0.39 is 7.26 Å². The summed E-state index contributed by atoms with van der Waals surface area (Å²) in [6.07, 6.45) is 0. The fourth-order valence-electron chi connectivity index (χ4n) is 4.99. The molecule has 0 amide bonds. The van der Waals surface area contributed by atoms with E-state index in [1.54, 1.807) is 7.11 Å². The Labute approximate surface area is 224 Å². The molecule has 0 aromatic heterocycles. The van der Waals surface area contributed by atoms with Crippen LogP contribution < -0.4 is 25.4 Å². The molecule has 5 aromatic carbocycles. The summed E-state index contributed by atoms with van der Waals surface area (Å²) in [4.78, 5) is 0. The van der Waals surface area contributed by atoms with E-state index in [1.165, 1.54) is 15.9 Å². The summed E-state index contributed by atoms with van der Waals surface area (Å²) < 4.78 is 11.9. The molecule has 0 aliphatic heterocycles. The minimum absolute atomic E-state index is 0.295. The van der Waals surface area contributed by atoms with Crippen LogP contribution in [0.4, 0.5) is 0 Å². The van der Waals surface area contributed by atoms with Gasteiger partial charge in [-0.3, -0.25) is 0 Å². The maximum absolute atomic E-state index is 7.65. The normalized spacial score (nSPS) is 12.5. The van der Waals surface area contributed by atoms with Crippen LogP contribution in [0.3, 0.4) is 0 Å². The molecular weight excluding hydrogens is 495 g/mol. The zero-order chi connectivity index (χ0) is 25.5. The van der Waals surface area contributed by atoms with Gasteiger partial charge in [0.15, 0.2) is 0 Å². The van der Waals surface area contributed by atoms with Gasteiger partial charge in [0, 0.05) is 0 Å². The van der Waals surface area contributed by atoms with Gasteiger partial charge in [0.2, 0.25) is 0 Å². The first-order chi connectivity index (χ1) is 18.2. The van der Waals surface area contributed by atoms with Gasteiger partial charge in [-0.05, 0) is 0 Å². The number of ether oxygens (including phenoxy) is 2.